The van der Waals surface area contributed by atoms with Crippen molar-refractivity contribution in [3.05, 3.63) is 66.2 Å². The number of nitrogens with zero attached hydrogens (tertiary/aromatic N) is 2. The molecule has 2 heterocycles. The van der Waals surface area contributed by atoms with E-state index in [1.165, 1.54) is 24.3 Å². The lowest BCUT2D eigenvalue weighted by Crippen LogP contribution is -2.49. The van der Waals surface area contributed by atoms with E-state index in [2.05, 4.69) is 30.4 Å². The van der Waals surface area contributed by atoms with Crippen molar-refractivity contribution in [1.82, 2.24) is 9.88 Å². The molecule has 148 valence electrons. The quantitative estimate of drug-likeness (QED) is 0.630. The number of hydrogen-bond acceptors (Lipinski definition) is 3. The number of amides is 1. The van der Waals surface area contributed by atoms with Gasteiger partial charge in [-0.1, -0.05) is 20.4 Å². The Morgan fingerprint density at radius 2 is 2.04 bits per heavy atom. The molecule has 1 N–H and O–H groups in total. The topological polar surface area (TPSA) is 57.7 Å². The molecular formula is C22H26FN3O2. The van der Waals surface area contributed by atoms with Gasteiger partial charge in [-0.2, -0.15) is 0 Å². The number of aromatic nitrogens is 1. The van der Waals surface area contributed by atoms with Crippen LogP contribution in [0.5, 0.6) is 0 Å². The van der Waals surface area contributed by atoms with Crippen LogP contribution < -0.4 is 0 Å². The summed E-state index contributed by atoms with van der Waals surface area (Å²) in [7, 11) is 1.59. The number of likely N-dealkylation sites (tertiary alicyclic amines) is 1. The van der Waals surface area contributed by atoms with Crippen molar-refractivity contribution in [2.45, 2.75) is 20.3 Å². The van der Waals surface area contributed by atoms with Crippen LogP contribution in [0.2, 0.25) is 0 Å². The summed E-state index contributed by atoms with van der Waals surface area (Å²) in [5.41, 5.74) is 1.78. The fourth-order valence-electron chi connectivity index (χ4n) is 3.75. The third-order valence-corrected chi connectivity index (χ3v) is 4.95. The van der Waals surface area contributed by atoms with Crippen LogP contribution in [0.3, 0.4) is 0 Å². The van der Waals surface area contributed by atoms with Crippen LogP contribution in [0, 0.1) is 17.2 Å². The fourth-order valence-corrected chi connectivity index (χ4v) is 3.75. The first-order chi connectivity index (χ1) is 13.3. The molecule has 0 aliphatic carbocycles. The highest BCUT2D eigenvalue weighted by Crippen LogP contribution is 2.34. The molecule has 0 bridgehead atoms. The zero-order chi connectivity index (χ0) is 20.3. The predicted octanol–water partition coefficient (Wildman–Crippen LogP) is 4.36. The fraction of sp³-hybridized carbons (Fsp3) is 0.364. The first-order valence-electron chi connectivity index (χ1n) is 9.29. The number of rotatable bonds is 4. The monoisotopic (exact) mass is 383 g/mol. The summed E-state index contributed by atoms with van der Waals surface area (Å²) >= 11 is 0. The molecule has 1 amide bonds. The maximum Gasteiger partial charge on any atom is 0.253 e. The van der Waals surface area contributed by atoms with Crippen LogP contribution in [0.4, 0.5) is 4.39 Å². The van der Waals surface area contributed by atoms with E-state index in [4.69, 9.17) is 4.74 Å². The summed E-state index contributed by atoms with van der Waals surface area (Å²) in [6.07, 6.45) is 2.65. The molecule has 5 nitrogen and oxygen atoms in total. The second-order valence-electron chi connectivity index (χ2n) is 7.94. The molecule has 1 unspecified atom stereocenters. The summed E-state index contributed by atoms with van der Waals surface area (Å²) in [4.78, 5) is 22.4. The molecule has 0 spiro atoms. The van der Waals surface area contributed by atoms with Crippen molar-refractivity contribution >= 4 is 17.5 Å². The highest BCUT2D eigenvalue weighted by molar-refractivity contribution is 5.95. The Labute approximate surface area is 164 Å². The van der Waals surface area contributed by atoms with Crippen molar-refractivity contribution in [2.75, 3.05) is 20.2 Å². The highest BCUT2D eigenvalue weighted by atomic mass is 19.1. The van der Waals surface area contributed by atoms with Crippen molar-refractivity contribution in [2.24, 2.45) is 16.3 Å². The Kier molecular flexibility index (Phi) is 5.68. The first-order valence-corrected chi connectivity index (χ1v) is 9.29. The van der Waals surface area contributed by atoms with Gasteiger partial charge in [0.05, 0.1) is 24.4 Å². The second-order valence-corrected chi connectivity index (χ2v) is 7.94. The molecule has 1 fully saturated rings. The zero-order valence-electron chi connectivity index (χ0n) is 16.5. The Morgan fingerprint density at radius 3 is 2.64 bits per heavy atom. The van der Waals surface area contributed by atoms with E-state index in [-0.39, 0.29) is 23.1 Å². The van der Waals surface area contributed by atoms with Gasteiger partial charge >= 0.3 is 0 Å². The van der Waals surface area contributed by atoms with Crippen LogP contribution in [0.15, 0.2) is 54.2 Å². The van der Waals surface area contributed by atoms with Crippen molar-refractivity contribution in [3.8, 4) is 0 Å². The number of carbonyl (C=O) groups is 1. The van der Waals surface area contributed by atoms with Gasteiger partial charge in [0.25, 0.3) is 5.91 Å². The predicted molar refractivity (Wildman–Crippen MR) is 108 cm³/mol. The first kappa shape index (κ1) is 19.9. The van der Waals surface area contributed by atoms with Crippen LogP contribution in [0.1, 0.15) is 36.3 Å². The number of H-pyrrole nitrogens is 1. The number of benzene rings is 1. The standard InChI is InChI=1S/C22H26FN3O2/c1-15(19-6-5-11-24-19)25-20(28-4)17-12-22(2,3)14-26(13-17)21(27)16-7-9-18(23)10-8-16/h5-11,17,24H,1,12-14H2,2-4H3. The van der Waals surface area contributed by atoms with Crippen LogP contribution >= 0.6 is 0 Å². The summed E-state index contributed by atoms with van der Waals surface area (Å²) in [5, 5.41) is 0. The number of aromatic amines is 1. The van der Waals surface area contributed by atoms with E-state index in [1.54, 1.807) is 12.0 Å². The van der Waals surface area contributed by atoms with Gasteiger partial charge in [0.15, 0.2) is 5.90 Å². The molecule has 1 aliphatic heterocycles. The average molecular weight is 383 g/mol. The number of halogens is 1. The second kappa shape index (κ2) is 8.00. The van der Waals surface area contributed by atoms with E-state index in [0.29, 0.717) is 30.2 Å². The lowest BCUT2D eigenvalue weighted by Gasteiger charge is -2.42. The molecular weight excluding hydrogens is 357 g/mol. The summed E-state index contributed by atoms with van der Waals surface area (Å²) in [6.45, 7) is 9.37. The summed E-state index contributed by atoms with van der Waals surface area (Å²) in [5.74, 6) is 0.0376. The number of hydrogen-bond donors (Lipinski definition) is 1. The van der Waals surface area contributed by atoms with E-state index < -0.39 is 0 Å². The normalized spacial score (nSPS) is 19.4. The number of piperidine rings is 1. The maximum absolute atomic E-state index is 13.2. The molecule has 0 radical (unpaired) electrons. The van der Waals surface area contributed by atoms with Gasteiger partial charge < -0.3 is 14.6 Å². The molecule has 1 aliphatic rings. The molecule has 1 aromatic heterocycles. The average Bonchev–Trinajstić information content (AvgIpc) is 3.19. The summed E-state index contributed by atoms with van der Waals surface area (Å²) < 4.78 is 18.8. The third-order valence-electron chi connectivity index (χ3n) is 4.95. The molecule has 0 saturated carbocycles. The maximum atomic E-state index is 13.2. The van der Waals surface area contributed by atoms with Crippen molar-refractivity contribution in [1.29, 1.82) is 0 Å². The van der Waals surface area contributed by atoms with Gasteiger partial charge in [-0.25, -0.2) is 9.38 Å². The SMILES string of the molecule is C=C(N=C(OC)C1CN(C(=O)c2ccc(F)cc2)CC(C)(C)C1)c1ccc[nH]1. The Morgan fingerprint density at radius 1 is 1.32 bits per heavy atom. The van der Waals surface area contributed by atoms with Crippen LogP contribution in [-0.4, -0.2) is 41.9 Å². The minimum absolute atomic E-state index is 0.0511. The van der Waals surface area contributed by atoms with Crippen LogP contribution in [0.25, 0.3) is 5.70 Å². The largest absolute Gasteiger partial charge is 0.484 e. The summed E-state index contributed by atoms with van der Waals surface area (Å²) in [6, 6.07) is 9.44. The Balaban J connectivity index is 1.83. The molecule has 1 saturated heterocycles. The van der Waals surface area contributed by atoms with E-state index in [0.717, 1.165) is 12.1 Å². The smallest absolute Gasteiger partial charge is 0.253 e. The van der Waals surface area contributed by atoms with Gasteiger partial charge in [-0.15, -0.1) is 0 Å². The van der Waals surface area contributed by atoms with Gasteiger partial charge in [-0.05, 0) is 48.2 Å². The number of nitrogens with one attached hydrogen (secondary N) is 1. The molecule has 1 aromatic carbocycles. The molecule has 2 aromatic rings. The van der Waals surface area contributed by atoms with E-state index >= 15 is 0 Å². The zero-order valence-corrected chi connectivity index (χ0v) is 16.5. The minimum Gasteiger partial charge on any atom is -0.484 e. The van der Waals surface area contributed by atoms with Crippen LogP contribution in [-0.2, 0) is 4.74 Å². The van der Waals surface area contributed by atoms with Gasteiger partial charge in [-0.3, -0.25) is 4.79 Å². The molecule has 1 atom stereocenters. The Bertz CT molecular complexity index is 870. The Hall–Kier alpha value is -2.89. The number of ether oxygens (including phenoxy) is 1. The highest BCUT2D eigenvalue weighted by Gasteiger charge is 2.38. The van der Waals surface area contributed by atoms with E-state index in [1.807, 2.05) is 18.3 Å². The lowest BCUT2D eigenvalue weighted by atomic mass is 9.78. The molecule has 3 rings (SSSR count). The van der Waals surface area contributed by atoms with E-state index in [9.17, 15) is 9.18 Å². The molecule has 28 heavy (non-hydrogen) atoms. The third kappa shape index (κ3) is 4.50. The van der Waals surface area contributed by atoms with Crippen molar-refractivity contribution in [3.63, 3.8) is 0 Å². The van der Waals surface area contributed by atoms with Gasteiger partial charge in [0.2, 0.25) is 0 Å². The van der Waals surface area contributed by atoms with Crippen molar-refractivity contribution < 1.29 is 13.9 Å². The number of aliphatic imine (C=N–C) groups is 1. The van der Waals surface area contributed by atoms with Gasteiger partial charge in [0.1, 0.15) is 5.82 Å². The number of methoxy groups -OCH3 is 1. The molecule has 6 heteroatoms. The van der Waals surface area contributed by atoms with Gasteiger partial charge in [0, 0.05) is 24.8 Å². The lowest BCUT2D eigenvalue weighted by molar-refractivity contribution is 0.0507. The number of carbonyl (C=O) groups excluding carboxylic acids is 1. The minimum atomic E-state index is -0.356.